The zero-order valence-electron chi connectivity index (χ0n) is 18.4. The molecule has 11 heteroatoms. The predicted octanol–water partition coefficient (Wildman–Crippen LogP) is 4.24. The van der Waals surface area contributed by atoms with Crippen molar-refractivity contribution in [2.24, 2.45) is 0 Å². The number of para-hydroxylation sites is 2. The highest BCUT2D eigenvalue weighted by atomic mass is 19.2. The zero-order valence-corrected chi connectivity index (χ0v) is 18.4. The Labute approximate surface area is 189 Å². The largest absolute Gasteiger partial charge is 0.707 e. The third-order valence-corrected chi connectivity index (χ3v) is 3.94. The van der Waals surface area contributed by atoms with E-state index in [0.29, 0.717) is 0 Å². The fourth-order valence-corrected chi connectivity index (χ4v) is 2.25. The molecule has 0 fully saturated rings. The molecule has 0 heterocycles. The van der Waals surface area contributed by atoms with Crippen molar-refractivity contribution in [3.63, 3.8) is 0 Å². The fourth-order valence-electron chi connectivity index (χ4n) is 2.25. The zero-order chi connectivity index (χ0) is 25.1. The summed E-state index contributed by atoms with van der Waals surface area (Å²) < 4.78 is 66.3. The molecule has 0 aliphatic rings. The summed E-state index contributed by atoms with van der Waals surface area (Å²) in [6.45, 7) is 0. The standard InChI is InChI=1S/2C8H11N.C6H2BF5O3/c2*1-9(2)8-6-4-3-5-7-8;8-1-2(9)4(11)6(15-7(13)14)5(12)3(1)10/h2*3-7H,1-2H3;13-14H. The van der Waals surface area contributed by atoms with Crippen molar-refractivity contribution in [2.75, 3.05) is 38.0 Å². The Morgan fingerprint density at radius 1 is 0.576 bits per heavy atom. The minimum Gasteiger partial charge on any atom is -0.507 e. The lowest BCUT2D eigenvalue weighted by molar-refractivity contribution is 0.263. The van der Waals surface area contributed by atoms with Crippen LogP contribution in [0.25, 0.3) is 0 Å². The van der Waals surface area contributed by atoms with E-state index in [1.807, 2.05) is 64.6 Å². The second kappa shape index (κ2) is 13.3. The van der Waals surface area contributed by atoms with Crippen LogP contribution in [0.1, 0.15) is 0 Å². The molecule has 3 aromatic rings. The van der Waals surface area contributed by atoms with Crippen LogP contribution in [-0.2, 0) is 0 Å². The minimum absolute atomic E-state index is 1.25. The summed E-state index contributed by atoms with van der Waals surface area (Å²) in [4.78, 5) is 4.17. The van der Waals surface area contributed by atoms with Crippen LogP contribution in [0.15, 0.2) is 60.7 Å². The van der Waals surface area contributed by atoms with Gasteiger partial charge in [0.1, 0.15) is 0 Å². The molecule has 0 spiro atoms. The van der Waals surface area contributed by atoms with Crippen LogP contribution in [0.2, 0.25) is 0 Å². The van der Waals surface area contributed by atoms with Crippen LogP contribution in [0.4, 0.5) is 33.3 Å². The molecule has 178 valence electrons. The van der Waals surface area contributed by atoms with E-state index in [9.17, 15) is 22.0 Å². The van der Waals surface area contributed by atoms with Crippen LogP contribution in [0.5, 0.6) is 5.75 Å². The highest BCUT2D eigenvalue weighted by Gasteiger charge is 2.29. The molecule has 0 saturated heterocycles. The van der Waals surface area contributed by atoms with Crippen molar-refractivity contribution in [3.05, 3.63) is 89.7 Å². The highest BCUT2D eigenvalue weighted by molar-refractivity contribution is 6.33. The molecule has 0 bridgehead atoms. The maximum absolute atomic E-state index is 12.7. The van der Waals surface area contributed by atoms with Crippen molar-refractivity contribution < 1.29 is 36.7 Å². The second-order valence-corrected chi connectivity index (χ2v) is 6.80. The molecule has 0 unspecified atom stereocenters. The molecule has 5 nitrogen and oxygen atoms in total. The van der Waals surface area contributed by atoms with E-state index in [0.717, 1.165) is 0 Å². The molecular weight excluding hydrogens is 446 g/mol. The number of halogens is 5. The molecule has 0 aromatic heterocycles. The Morgan fingerprint density at radius 3 is 1.12 bits per heavy atom. The second-order valence-electron chi connectivity index (χ2n) is 6.80. The Bertz CT molecular complexity index is 922. The summed E-state index contributed by atoms with van der Waals surface area (Å²) in [6, 6.07) is 20.5. The Balaban J connectivity index is 0.000000261. The number of rotatable bonds is 4. The van der Waals surface area contributed by atoms with Gasteiger partial charge < -0.3 is 24.5 Å². The maximum atomic E-state index is 12.7. The van der Waals surface area contributed by atoms with Crippen LogP contribution >= 0.6 is 0 Å². The van der Waals surface area contributed by atoms with E-state index in [1.54, 1.807) is 0 Å². The van der Waals surface area contributed by atoms with E-state index >= 15 is 0 Å². The number of benzene rings is 3. The topological polar surface area (TPSA) is 56.2 Å². The van der Waals surface area contributed by atoms with Gasteiger partial charge in [-0.05, 0) is 24.3 Å². The smallest absolute Gasteiger partial charge is 0.507 e. The van der Waals surface area contributed by atoms with Crippen molar-refractivity contribution >= 4 is 18.7 Å². The van der Waals surface area contributed by atoms with Gasteiger partial charge >= 0.3 is 7.32 Å². The van der Waals surface area contributed by atoms with Crippen molar-refractivity contribution in [3.8, 4) is 5.75 Å². The van der Waals surface area contributed by atoms with Gasteiger partial charge in [-0.1, -0.05) is 36.4 Å². The molecule has 0 radical (unpaired) electrons. The summed E-state index contributed by atoms with van der Waals surface area (Å²) in [5, 5.41) is 16.3. The van der Waals surface area contributed by atoms with Crippen LogP contribution in [0.3, 0.4) is 0 Å². The molecule has 2 N–H and O–H groups in total. The third-order valence-electron chi connectivity index (χ3n) is 3.94. The molecule has 0 saturated carbocycles. The van der Waals surface area contributed by atoms with Crippen LogP contribution < -0.4 is 14.5 Å². The lowest BCUT2D eigenvalue weighted by atomic mass is 10.2. The predicted molar refractivity (Wildman–Crippen MR) is 119 cm³/mol. The Hall–Kier alpha value is -3.31. The summed E-state index contributed by atoms with van der Waals surface area (Å²) in [7, 11) is 5.45. The normalized spacial score (nSPS) is 9.67. The molecular formula is C22H24BF5N2O3. The molecule has 0 aliphatic carbocycles. The van der Waals surface area contributed by atoms with Gasteiger partial charge in [-0.2, -0.15) is 8.78 Å². The van der Waals surface area contributed by atoms with Crippen LogP contribution in [-0.4, -0.2) is 45.6 Å². The summed E-state index contributed by atoms with van der Waals surface area (Å²) >= 11 is 0. The number of hydrogen-bond acceptors (Lipinski definition) is 5. The SMILES string of the molecule is CN(C)c1ccccc1.CN(C)c1ccccc1.OB(O)Oc1c(F)c(F)c(F)c(F)c1F. The molecule has 0 amide bonds. The van der Waals surface area contributed by atoms with Gasteiger partial charge in [-0.15, -0.1) is 0 Å². The summed E-state index contributed by atoms with van der Waals surface area (Å²) in [6.07, 6.45) is 0. The molecule has 3 rings (SSSR count). The lowest BCUT2D eigenvalue weighted by Crippen LogP contribution is -2.23. The van der Waals surface area contributed by atoms with E-state index in [4.69, 9.17) is 10.0 Å². The average molecular weight is 470 g/mol. The lowest BCUT2D eigenvalue weighted by Gasteiger charge is -2.10. The summed E-state index contributed by atoms with van der Waals surface area (Å²) in [5.74, 6) is -13.1. The van der Waals surface area contributed by atoms with E-state index in [1.165, 1.54) is 11.4 Å². The van der Waals surface area contributed by atoms with Crippen LogP contribution in [0, 0.1) is 29.1 Å². The Morgan fingerprint density at radius 2 is 0.879 bits per heavy atom. The first-order valence-electron chi connectivity index (χ1n) is 9.46. The number of hydrogen-bond donors (Lipinski definition) is 2. The molecule has 3 aromatic carbocycles. The first-order chi connectivity index (χ1) is 15.5. The average Bonchev–Trinajstić information content (AvgIpc) is 2.81. The third kappa shape index (κ3) is 8.62. The minimum atomic E-state index is -2.70. The molecule has 0 aliphatic heterocycles. The van der Waals surface area contributed by atoms with Gasteiger partial charge in [0, 0.05) is 39.6 Å². The van der Waals surface area contributed by atoms with Gasteiger partial charge in [0.05, 0.1) is 0 Å². The molecule has 0 atom stereocenters. The van der Waals surface area contributed by atoms with Gasteiger partial charge in [-0.25, -0.2) is 13.2 Å². The highest BCUT2D eigenvalue weighted by Crippen LogP contribution is 2.29. The van der Waals surface area contributed by atoms with Crippen molar-refractivity contribution in [1.29, 1.82) is 0 Å². The molecule has 33 heavy (non-hydrogen) atoms. The number of nitrogens with zero attached hydrogens (tertiary/aromatic N) is 2. The quantitative estimate of drug-likeness (QED) is 0.259. The maximum Gasteiger partial charge on any atom is 0.707 e. The first kappa shape index (κ1) is 27.7. The van der Waals surface area contributed by atoms with Gasteiger partial charge in [0.15, 0.2) is 5.75 Å². The van der Waals surface area contributed by atoms with E-state index in [2.05, 4.69) is 38.7 Å². The fraction of sp³-hybridized carbons (Fsp3) is 0.182. The van der Waals surface area contributed by atoms with Crippen molar-refractivity contribution in [2.45, 2.75) is 0 Å². The first-order valence-corrected chi connectivity index (χ1v) is 9.46. The van der Waals surface area contributed by atoms with Gasteiger partial charge in [0.2, 0.25) is 29.1 Å². The number of anilines is 2. The van der Waals surface area contributed by atoms with Crippen molar-refractivity contribution in [1.82, 2.24) is 0 Å². The monoisotopic (exact) mass is 470 g/mol. The van der Waals surface area contributed by atoms with E-state index in [-0.39, 0.29) is 0 Å². The van der Waals surface area contributed by atoms with Gasteiger partial charge in [0.25, 0.3) is 0 Å². The van der Waals surface area contributed by atoms with Gasteiger partial charge in [-0.3, -0.25) is 0 Å². The summed E-state index contributed by atoms with van der Waals surface area (Å²) in [5.41, 5.74) is 2.50. The Kier molecular flexibility index (Phi) is 11.2. The van der Waals surface area contributed by atoms with E-state index < -0.39 is 42.2 Å².